The summed E-state index contributed by atoms with van der Waals surface area (Å²) in [5.41, 5.74) is 2.33. The van der Waals surface area contributed by atoms with Crippen LogP contribution in [0.2, 0.25) is 0 Å². The molecule has 1 saturated heterocycles. The van der Waals surface area contributed by atoms with E-state index in [1.54, 1.807) is 6.20 Å². The highest BCUT2D eigenvalue weighted by molar-refractivity contribution is 5.85. The topological polar surface area (TPSA) is 66.5 Å². The maximum Gasteiger partial charge on any atom is 0.234 e. The molecule has 0 spiro atoms. The number of carbonyl (C=O) groups excluding carboxylic acids is 1. The molecule has 1 aromatic heterocycles. The van der Waals surface area contributed by atoms with Crippen LogP contribution in [0.15, 0.2) is 48.8 Å². The minimum absolute atomic E-state index is 0. The lowest BCUT2D eigenvalue weighted by Gasteiger charge is -2.35. The summed E-state index contributed by atoms with van der Waals surface area (Å²) in [5, 5.41) is 6.46. The number of benzene rings is 1. The Balaban J connectivity index is 0.00000300. The van der Waals surface area contributed by atoms with Crippen molar-refractivity contribution < 1.29 is 9.53 Å². The van der Waals surface area contributed by atoms with Gasteiger partial charge in [-0.3, -0.25) is 14.7 Å². The van der Waals surface area contributed by atoms with Gasteiger partial charge in [-0.15, -0.1) is 12.4 Å². The molecule has 1 aromatic carbocycles. The van der Waals surface area contributed by atoms with E-state index >= 15 is 0 Å². The van der Waals surface area contributed by atoms with Crippen molar-refractivity contribution in [2.24, 2.45) is 0 Å². The van der Waals surface area contributed by atoms with Crippen molar-refractivity contribution in [1.29, 1.82) is 0 Å². The van der Waals surface area contributed by atoms with Crippen molar-refractivity contribution in [2.45, 2.75) is 32.4 Å². The second-order valence-corrected chi connectivity index (χ2v) is 7.39. The molecule has 2 heterocycles. The molecular formula is C22H31ClN4O2. The Labute approximate surface area is 179 Å². The van der Waals surface area contributed by atoms with E-state index in [9.17, 15) is 4.79 Å². The van der Waals surface area contributed by atoms with Crippen LogP contribution in [0.25, 0.3) is 0 Å². The van der Waals surface area contributed by atoms with Crippen molar-refractivity contribution in [3.63, 3.8) is 0 Å². The van der Waals surface area contributed by atoms with Crippen molar-refractivity contribution in [3.8, 4) is 5.75 Å². The maximum absolute atomic E-state index is 12.4. The lowest BCUT2D eigenvalue weighted by molar-refractivity contribution is -0.123. The van der Waals surface area contributed by atoms with Gasteiger partial charge in [0, 0.05) is 44.6 Å². The van der Waals surface area contributed by atoms with Crippen LogP contribution in [-0.2, 0) is 11.2 Å². The standard InChI is InChI=1S/C22H30N4O2.ClH/c1-17(2)28-20-7-5-18(6-8-20)9-11-25-22(27)16-26-13-12-24-15-21(26)19-4-3-10-23-14-19;/h3-8,10,14,17,21,24H,9,11-13,15-16H2,1-2H3,(H,25,27);1H. The molecule has 1 fully saturated rings. The molecule has 29 heavy (non-hydrogen) atoms. The van der Waals surface area contributed by atoms with Gasteiger partial charge >= 0.3 is 0 Å². The van der Waals surface area contributed by atoms with Crippen LogP contribution in [-0.4, -0.2) is 54.6 Å². The van der Waals surface area contributed by atoms with Crippen LogP contribution in [0.1, 0.15) is 31.0 Å². The van der Waals surface area contributed by atoms with Gasteiger partial charge in [-0.05, 0) is 49.6 Å². The van der Waals surface area contributed by atoms with Crippen LogP contribution in [0, 0.1) is 0 Å². The number of nitrogens with one attached hydrogen (secondary N) is 2. The average molecular weight is 419 g/mol. The number of amides is 1. The summed E-state index contributed by atoms with van der Waals surface area (Å²) in [5.74, 6) is 0.943. The zero-order valence-electron chi connectivity index (χ0n) is 17.1. The molecule has 0 radical (unpaired) electrons. The molecule has 2 aromatic rings. The number of hydrogen-bond donors (Lipinski definition) is 2. The SMILES string of the molecule is CC(C)Oc1ccc(CCNC(=O)CN2CCNCC2c2cccnc2)cc1.Cl. The first kappa shape index (κ1) is 23.1. The number of rotatable bonds is 8. The van der Waals surface area contributed by atoms with Crippen molar-refractivity contribution >= 4 is 18.3 Å². The van der Waals surface area contributed by atoms with Crippen molar-refractivity contribution in [3.05, 3.63) is 59.9 Å². The van der Waals surface area contributed by atoms with Gasteiger partial charge in [0.2, 0.25) is 5.91 Å². The Bertz CT molecular complexity index is 740. The van der Waals surface area contributed by atoms with Crippen LogP contribution in [0.5, 0.6) is 5.75 Å². The molecule has 158 valence electrons. The first-order valence-electron chi connectivity index (χ1n) is 9.99. The van der Waals surface area contributed by atoms with E-state index < -0.39 is 0 Å². The average Bonchev–Trinajstić information content (AvgIpc) is 2.70. The maximum atomic E-state index is 12.4. The van der Waals surface area contributed by atoms with Gasteiger partial charge in [-0.25, -0.2) is 0 Å². The molecule has 0 saturated carbocycles. The Morgan fingerprint density at radius 1 is 1.31 bits per heavy atom. The number of nitrogens with zero attached hydrogens (tertiary/aromatic N) is 2. The third kappa shape index (κ3) is 7.31. The Kier molecular flexibility index (Phi) is 9.38. The van der Waals surface area contributed by atoms with E-state index in [2.05, 4.69) is 38.7 Å². The van der Waals surface area contributed by atoms with Gasteiger partial charge in [0.05, 0.1) is 12.6 Å². The third-order valence-corrected chi connectivity index (χ3v) is 4.80. The van der Waals surface area contributed by atoms with Gasteiger partial charge in [-0.2, -0.15) is 0 Å². The normalized spacial score (nSPS) is 16.9. The Morgan fingerprint density at radius 2 is 2.10 bits per heavy atom. The van der Waals surface area contributed by atoms with Gasteiger partial charge in [-0.1, -0.05) is 18.2 Å². The number of ether oxygens (including phenoxy) is 1. The highest BCUT2D eigenvalue weighted by Crippen LogP contribution is 2.20. The molecule has 1 aliphatic heterocycles. The second-order valence-electron chi connectivity index (χ2n) is 7.39. The molecule has 0 bridgehead atoms. The van der Waals surface area contributed by atoms with Gasteiger partial charge in [0.1, 0.15) is 5.75 Å². The smallest absolute Gasteiger partial charge is 0.234 e. The Hall–Kier alpha value is -2.15. The molecule has 3 rings (SSSR count). The molecule has 6 nitrogen and oxygen atoms in total. The number of hydrogen-bond acceptors (Lipinski definition) is 5. The molecule has 2 N–H and O–H groups in total. The predicted octanol–water partition coefficient (Wildman–Crippen LogP) is 2.60. The van der Waals surface area contributed by atoms with Crippen LogP contribution in [0.3, 0.4) is 0 Å². The van der Waals surface area contributed by atoms with Gasteiger partial charge in [0.25, 0.3) is 0 Å². The molecule has 0 aliphatic carbocycles. The lowest BCUT2D eigenvalue weighted by Crippen LogP contribution is -2.49. The number of halogens is 1. The largest absolute Gasteiger partial charge is 0.491 e. The molecule has 1 unspecified atom stereocenters. The fourth-order valence-electron chi connectivity index (χ4n) is 3.43. The fourth-order valence-corrected chi connectivity index (χ4v) is 3.43. The first-order chi connectivity index (χ1) is 13.6. The summed E-state index contributed by atoms with van der Waals surface area (Å²) in [6.07, 6.45) is 4.64. The van der Waals surface area contributed by atoms with Gasteiger partial charge < -0.3 is 15.4 Å². The van der Waals surface area contributed by atoms with Crippen LogP contribution < -0.4 is 15.4 Å². The summed E-state index contributed by atoms with van der Waals surface area (Å²) in [7, 11) is 0. The molecular weight excluding hydrogens is 388 g/mol. The minimum atomic E-state index is 0. The number of carbonyl (C=O) groups is 1. The zero-order chi connectivity index (χ0) is 19.8. The van der Waals surface area contributed by atoms with Crippen molar-refractivity contribution in [1.82, 2.24) is 20.5 Å². The van der Waals surface area contributed by atoms with Crippen molar-refractivity contribution in [2.75, 3.05) is 32.7 Å². The molecule has 1 aliphatic rings. The van der Waals surface area contributed by atoms with Gasteiger partial charge in [0.15, 0.2) is 0 Å². The van der Waals surface area contributed by atoms with Crippen LogP contribution in [0.4, 0.5) is 0 Å². The molecule has 1 amide bonds. The Morgan fingerprint density at radius 3 is 2.79 bits per heavy atom. The summed E-state index contributed by atoms with van der Waals surface area (Å²) < 4.78 is 5.66. The van der Waals surface area contributed by atoms with E-state index in [-0.39, 0.29) is 30.5 Å². The summed E-state index contributed by atoms with van der Waals surface area (Å²) in [4.78, 5) is 18.9. The second kappa shape index (κ2) is 11.8. The summed E-state index contributed by atoms with van der Waals surface area (Å²) in [6, 6.07) is 12.3. The fraction of sp³-hybridized carbons (Fsp3) is 0.455. The van der Waals surface area contributed by atoms with E-state index in [1.807, 2.05) is 38.2 Å². The summed E-state index contributed by atoms with van der Waals surface area (Å²) >= 11 is 0. The summed E-state index contributed by atoms with van der Waals surface area (Å²) in [6.45, 7) is 7.65. The van der Waals surface area contributed by atoms with E-state index in [0.717, 1.165) is 37.4 Å². The molecule has 1 atom stereocenters. The highest BCUT2D eigenvalue weighted by atomic mass is 35.5. The van der Waals surface area contributed by atoms with E-state index in [0.29, 0.717) is 13.1 Å². The molecule has 7 heteroatoms. The number of piperazine rings is 1. The predicted molar refractivity (Wildman–Crippen MR) is 118 cm³/mol. The highest BCUT2D eigenvalue weighted by Gasteiger charge is 2.25. The third-order valence-electron chi connectivity index (χ3n) is 4.80. The quantitative estimate of drug-likeness (QED) is 0.689. The van der Waals surface area contributed by atoms with E-state index in [4.69, 9.17) is 4.74 Å². The van der Waals surface area contributed by atoms with Crippen LogP contribution >= 0.6 is 12.4 Å². The number of pyridine rings is 1. The van der Waals surface area contributed by atoms with E-state index in [1.165, 1.54) is 5.56 Å². The number of aromatic nitrogens is 1. The monoisotopic (exact) mass is 418 g/mol. The zero-order valence-corrected chi connectivity index (χ0v) is 18.0. The lowest BCUT2D eigenvalue weighted by atomic mass is 10.1. The first-order valence-corrected chi connectivity index (χ1v) is 9.99. The minimum Gasteiger partial charge on any atom is -0.491 e.